The minimum atomic E-state index is 0.268. The number of oxazole rings is 2. The predicted octanol–water partition coefficient (Wildman–Crippen LogP) is 4.83. The first-order chi connectivity index (χ1) is 18.2. The minimum Gasteiger partial charge on any atom is -0.447 e. The van der Waals surface area contributed by atoms with Gasteiger partial charge in [0, 0.05) is 36.3 Å². The molecule has 0 aliphatic carbocycles. The van der Waals surface area contributed by atoms with E-state index >= 15 is 0 Å². The van der Waals surface area contributed by atoms with Gasteiger partial charge in [-0.1, -0.05) is 12.1 Å². The van der Waals surface area contributed by atoms with Crippen molar-refractivity contribution in [3.63, 3.8) is 0 Å². The normalized spacial score (nSPS) is 13.3. The fourth-order valence-electron chi connectivity index (χ4n) is 5.20. The maximum atomic E-state index is 10.3. The summed E-state index contributed by atoms with van der Waals surface area (Å²) in [6.07, 6.45) is 0. The molecule has 0 N–H and O–H groups in total. The quantitative estimate of drug-likeness (QED) is 0.318. The molecule has 0 unspecified atom stereocenters. The average molecular weight is 501 g/mol. The van der Waals surface area contributed by atoms with Crippen LogP contribution in [0.5, 0.6) is 0 Å². The fourth-order valence-corrected chi connectivity index (χ4v) is 5.20. The van der Waals surface area contributed by atoms with E-state index in [-0.39, 0.29) is 11.8 Å². The van der Waals surface area contributed by atoms with Crippen LogP contribution in [0.25, 0.3) is 49.1 Å². The molecule has 8 heteroatoms. The van der Waals surface area contributed by atoms with Crippen LogP contribution in [0, 0.1) is 45.6 Å². The van der Waals surface area contributed by atoms with Crippen LogP contribution >= 0.6 is 0 Å². The van der Waals surface area contributed by atoms with E-state index in [1.807, 2.05) is 87.3 Å². The number of benzene rings is 2. The summed E-state index contributed by atoms with van der Waals surface area (Å²) in [5.74, 6) is 0.538. The van der Waals surface area contributed by atoms with Gasteiger partial charge in [0.15, 0.2) is 11.2 Å². The Kier molecular flexibility index (Phi) is 5.05. The van der Waals surface area contributed by atoms with Gasteiger partial charge in [-0.25, -0.2) is 14.8 Å². The van der Waals surface area contributed by atoms with Crippen molar-refractivity contribution >= 4 is 44.2 Å². The van der Waals surface area contributed by atoms with E-state index in [4.69, 9.17) is 15.4 Å². The van der Waals surface area contributed by atoms with Crippen LogP contribution in [0.3, 0.4) is 0 Å². The lowest BCUT2D eigenvalue weighted by atomic mass is 10.1. The fraction of sp³-hybridized carbons (Fsp3) is 0.200. The molecule has 6 aromatic rings. The summed E-state index contributed by atoms with van der Waals surface area (Å²) < 4.78 is 16.0. The van der Waals surface area contributed by atoms with Crippen LogP contribution in [0.1, 0.15) is 34.3 Å². The van der Waals surface area contributed by atoms with Crippen molar-refractivity contribution < 1.29 is 8.83 Å². The Morgan fingerprint density at radius 1 is 0.816 bits per heavy atom. The molecule has 0 spiro atoms. The number of nitriles is 1. The van der Waals surface area contributed by atoms with Crippen LogP contribution in [-0.4, -0.2) is 19.1 Å². The van der Waals surface area contributed by atoms with Crippen LogP contribution in [0.4, 0.5) is 0 Å². The highest BCUT2D eigenvalue weighted by Gasteiger charge is 2.24. The molecule has 0 bridgehead atoms. The highest BCUT2D eigenvalue weighted by atomic mass is 16.4. The van der Waals surface area contributed by atoms with Crippen molar-refractivity contribution in [2.24, 2.45) is 14.1 Å². The molecule has 38 heavy (non-hydrogen) atoms. The lowest BCUT2D eigenvalue weighted by Crippen LogP contribution is -2.21. The molecule has 6 rings (SSSR count). The maximum absolute atomic E-state index is 10.3. The van der Waals surface area contributed by atoms with Crippen molar-refractivity contribution in [3.05, 3.63) is 92.8 Å². The summed E-state index contributed by atoms with van der Waals surface area (Å²) in [5.41, 5.74) is 7.26. The Balaban J connectivity index is 1.75. The second-order valence-corrected chi connectivity index (χ2v) is 9.66. The van der Waals surface area contributed by atoms with E-state index in [0.29, 0.717) is 44.2 Å². The molecule has 0 aliphatic heterocycles. The van der Waals surface area contributed by atoms with Gasteiger partial charge in [-0.05, 0) is 63.1 Å². The van der Waals surface area contributed by atoms with Crippen molar-refractivity contribution in [1.82, 2.24) is 19.1 Å². The Morgan fingerprint density at radius 2 is 1.32 bits per heavy atom. The Hall–Kier alpha value is -5.08. The number of fused-ring (bicyclic) bond motifs is 3. The molecule has 0 radical (unpaired) electrons. The Labute approximate surface area is 218 Å². The lowest BCUT2D eigenvalue weighted by Gasteiger charge is -2.04. The van der Waals surface area contributed by atoms with Gasteiger partial charge in [-0.2, -0.15) is 5.26 Å². The molecular formula is C30H24N6O2. The number of rotatable bonds is 2. The zero-order valence-electron chi connectivity index (χ0n) is 22.0. The molecule has 4 heterocycles. The van der Waals surface area contributed by atoms with Gasteiger partial charge in [-0.3, -0.25) is 0 Å². The molecule has 0 saturated carbocycles. The number of aryl methyl sites for hydroxylation is 4. The topological polar surface area (TPSA) is 90.1 Å². The predicted molar refractivity (Wildman–Crippen MR) is 145 cm³/mol. The SMILES string of the molecule is [C-]#[N+]/C(c1nc2cc(C)ccc2o1)=c1\c2c(C)n(C)/c(=C(/C#N)c3nc4cc(C)ccc4o3)c2c(C)n1C. The number of hydrogen-bond donors (Lipinski definition) is 0. The monoisotopic (exact) mass is 500 g/mol. The van der Waals surface area contributed by atoms with Crippen LogP contribution < -0.4 is 10.7 Å². The first kappa shape index (κ1) is 23.3. The van der Waals surface area contributed by atoms with Gasteiger partial charge in [0.05, 0.1) is 17.3 Å². The molecule has 8 nitrogen and oxygen atoms in total. The first-order valence-electron chi connectivity index (χ1n) is 12.1. The van der Waals surface area contributed by atoms with Gasteiger partial charge in [0.25, 0.3) is 5.70 Å². The second kappa shape index (κ2) is 8.22. The molecule has 0 aliphatic rings. The minimum absolute atomic E-state index is 0.268. The maximum Gasteiger partial charge on any atom is 0.271 e. The largest absolute Gasteiger partial charge is 0.447 e. The van der Waals surface area contributed by atoms with Crippen LogP contribution in [0.15, 0.2) is 45.2 Å². The summed E-state index contributed by atoms with van der Waals surface area (Å²) in [5, 5.41) is 13.4. The summed E-state index contributed by atoms with van der Waals surface area (Å²) >= 11 is 0. The van der Waals surface area contributed by atoms with Crippen molar-refractivity contribution in [3.8, 4) is 6.07 Å². The highest BCUT2D eigenvalue weighted by molar-refractivity contribution is 5.96. The molecule has 0 atom stereocenters. The molecule has 0 fully saturated rings. The van der Waals surface area contributed by atoms with Crippen molar-refractivity contribution in [1.29, 1.82) is 5.26 Å². The molecule has 4 aromatic heterocycles. The molecular weight excluding hydrogens is 476 g/mol. The van der Waals surface area contributed by atoms with Gasteiger partial charge in [0.1, 0.15) is 22.7 Å². The number of nitrogens with zero attached hydrogens (tertiary/aromatic N) is 6. The smallest absolute Gasteiger partial charge is 0.271 e. The molecule has 0 amide bonds. The van der Waals surface area contributed by atoms with E-state index in [9.17, 15) is 5.26 Å². The Morgan fingerprint density at radius 3 is 1.87 bits per heavy atom. The molecule has 0 saturated heterocycles. The van der Waals surface area contributed by atoms with Gasteiger partial charge in [0.2, 0.25) is 11.8 Å². The van der Waals surface area contributed by atoms with Crippen LogP contribution in [0.2, 0.25) is 0 Å². The van der Waals surface area contributed by atoms with Crippen LogP contribution in [-0.2, 0) is 14.1 Å². The van der Waals surface area contributed by atoms with Crippen molar-refractivity contribution in [2.75, 3.05) is 0 Å². The third-order valence-corrected chi connectivity index (χ3v) is 7.31. The standard InChI is InChI=1S/C30H24N6O2/c1-15-8-10-22-20(12-15)33-29(37-22)19(14-31)27-24-17(3)36(7)28(25(24)18(4)35(27)6)26(32-5)30-34-21-13-16(2)9-11-23(21)38-30/h8-13H,1-4,6-7H3/b27-19-,28-26+. The summed E-state index contributed by atoms with van der Waals surface area (Å²) in [6, 6.07) is 13.9. The summed E-state index contributed by atoms with van der Waals surface area (Å²) in [7, 11) is 3.83. The highest BCUT2D eigenvalue weighted by Crippen LogP contribution is 2.26. The lowest BCUT2D eigenvalue weighted by molar-refractivity contribution is 0.584. The zero-order chi connectivity index (χ0) is 26.9. The third-order valence-electron chi connectivity index (χ3n) is 7.31. The van der Waals surface area contributed by atoms with E-state index in [1.54, 1.807) is 0 Å². The third kappa shape index (κ3) is 3.21. The number of hydrogen-bond acceptors (Lipinski definition) is 5. The summed E-state index contributed by atoms with van der Waals surface area (Å²) in [6.45, 7) is 16.0. The number of aromatic nitrogens is 4. The van der Waals surface area contributed by atoms with Gasteiger partial charge in [-0.15, -0.1) is 0 Å². The molecule has 2 aromatic carbocycles. The van der Waals surface area contributed by atoms with E-state index in [2.05, 4.69) is 20.9 Å². The van der Waals surface area contributed by atoms with Gasteiger partial charge >= 0.3 is 0 Å². The Bertz CT molecular complexity index is 2010. The van der Waals surface area contributed by atoms with E-state index in [0.717, 1.165) is 33.3 Å². The van der Waals surface area contributed by atoms with E-state index in [1.165, 1.54) is 0 Å². The second-order valence-electron chi connectivity index (χ2n) is 9.66. The zero-order valence-corrected chi connectivity index (χ0v) is 22.0. The summed E-state index contributed by atoms with van der Waals surface area (Å²) in [4.78, 5) is 13.2. The van der Waals surface area contributed by atoms with E-state index < -0.39 is 0 Å². The molecule has 186 valence electrons. The average Bonchev–Trinajstić information content (AvgIpc) is 3.62. The van der Waals surface area contributed by atoms with Crippen molar-refractivity contribution in [2.45, 2.75) is 27.7 Å². The first-order valence-corrected chi connectivity index (χ1v) is 12.1. The van der Waals surface area contributed by atoms with Gasteiger partial charge < -0.3 is 18.0 Å².